The number of benzene rings is 3. The van der Waals surface area contributed by atoms with Gasteiger partial charge in [-0.05, 0) is 48.0 Å². The quantitative estimate of drug-likeness (QED) is 0.454. The van der Waals surface area contributed by atoms with Crippen LogP contribution in [0.25, 0.3) is 11.0 Å². The third kappa shape index (κ3) is 4.45. The number of carbonyl (C=O) groups excluding carboxylic acids is 1. The SMILES string of the molecule is O=C(Nc1cc(Cl)ccc1N1CCSCC1)c1ccc(Cn2nnc3ccccc32)cc1. The Bertz CT molecular complexity index is 1250. The number of para-hydroxylation sites is 1. The largest absolute Gasteiger partial charge is 0.368 e. The lowest BCUT2D eigenvalue weighted by Crippen LogP contribution is -2.33. The molecule has 5 rings (SSSR count). The van der Waals surface area contributed by atoms with Crippen LogP contribution in [-0.4, -0.2) is 45.5 Å². The summed E-state index contributed by atoms with van der Waals surface area (Å²) in [6.45, 7) is 2.51. The molecule has 8 heteroatoms. The zero-order valence-corrected chi connectivity index (χ0v) is 18.9. The molecule has 0 atom stereocenters. The first kappa shape index (κ1) is 20.8. The topological polar surface area (TPSA) is 63.1 Å². The number of amides is 1. The number of hydrogen-bond acceptors (Lipinski definition) is 5. The van der Waals surface area contributed by atoms with Gasteiger partial charge in [0, 0.05) is 35.2 Å². The molecule has 1 saturated heterocycles. The van der Waals surface area contributed by atoms with Gasteiger partial charge in [-0.1, -0.05) is 41.1 Å². The lowest BCUT2D eigenvalue weighted by molar-refractivity contribution is 0.102. The second kappa shape index (κ2) is 9.22. The Labute approximate surface area is 195 Å². The van der Waals surface area contributed by atoms with Crippen LogP contribution in [-0.2, 0) is 6.54 Å². The molecule has 1 aromatic heterocycles. The van der Waals surface area contributed by atoms with E-state index < -0.39 is 0 Å². The Kier molecular flexibility index (Phi) is 6.01. The van der Waals surface area contributed by atoms with Crippen molar-refractivity contribution in [1.82, 2.24) is 15.0 Å². The zero-order valence-electron chi connectivity index (χ0n) is 17.4. The van der Waals surface area contributed by atoms with E-state index in [0.29, 0.717) is 17.1 Å². The zero-order chi connectivity index (χ0) is 21.9. The molecule has 2 heterocycles. The molecule has 6 nitrogen and oxygen atoms in total. The second-order valence-corrected chi connectivity index (χ2v) is 9.31. The molecule has 1 aliphatic heterocycles. The van der Waals surface area contributed by atoms with Crippen LogP contribution in [0.2, 0.25) is 5.02 Å². The maximum absolute atomic E-state index is 13.0. The Morgan fingerprint density at radius 2 is 1.81 bits per heavy atom. The van der Waals surface area contributed by atoms with E-state index in [0.717, 1.165) is 52.6 Å². The summed E-state index contributed by atoms with van der Waals surface area (Å²) in [6, 6.07) is 21.1. The molecule has 0 aliphatic carbocycles. The van der Waals surface area contributed by atoms with Crippen LogP contribution >= 0.6 is 23.4 Å². The van der Waals surface area contributed by atoms with E-state index >= 15 is 0 Å². The fourth-order valence-electron chi connectivity index (χ4n) is 3.85. The van der Waals surface area contributed by atoms with E-state index in [1.807, 2.05) is 83.2 Å². The van der Waals surface area contributed by atoms with Crippen molar-refractivity contribution in [3.8, 4) is 0 Å². The van der Waals surface area contributed by atoms with E-state index in [1.54, 1.807) is 0 Å². The number of nitrogens with one attached hydrogen (secondary N) is 1. The third-order valence-corrected chi connectivity index (χ3v) is 6.70. The van der Waals surface area contributed by atoms with Gasteiger partial charge in [0.1, 0.15) is 5.52 Å². The fraction of sp³-hybridized carbons (Fsp3) is 0.208. The summed E-state index contributed by atoms with van der Waals surface area (Å²) in [4.78, 5) is 15.3. The number of thioether (sulfide) groups is 1. The molecule has 162 valence electrons. The van der Waals surface area contributed by atoms with Crippen LogP contribution in [0, 0.1) is 0 Å². The van der Waals surface area contributed by atoms with Crippen molar-refractivity contribution in [3.63, 3.8) is 0 Å². The first-order chi connectivity index (χ1) is 15.7. The molecule has 1 amide bonds. The van der Waals surface area contributed by atoms with Gasteiger partial charge in [0.2, 0.25) is 0 Å². The number of anilines is 2. The van der Waals surface area contributed by atoms with E-state index in [4.69, 9.17) is 11.6 Å². The van der Waals surface area contributed by atoms with E-state index in [2.05, 4.69) is 20.5 Å². The molecule has 0 unspecified atom stereocenters. The van der Waals surface area contributed by atoms with E-state index in [-0.39, 0.29) is 5.91 Å². The van der Waals surface area contributed by atoms with Gasteiger partial charge in [0.05, 0.1) is 23.4 Å². The van der Waals surface area contributed by atoms with Gasteiger partial charge in [-0.25, -0.2) is 4.68 Å². The highest BCUT2D eigenvalue weighted by atomic mass is 35.5. The Morgan fingerprint density at radius 1 is 1.03 bits per heavy atom. The first-order valence-electron chi connectivity index (χ1n) is 10.5. The van der Waals surface area contributed by atoms with Crippen LogP contribution in [0.4, 0.5) is 11.4 Å². The van der Waals surface area contributed by atoms with Crippen LogP contribution in [0.5, 0.6) is 0 Å². The van der Waals surface area contributed by atoms with Gasteiger partial charge in [-0.2, -0.15) is 11.8 Å². The lowest BCUT2D eigenvalue weighted by atomic mass is 10.1. The van der Waals surface area contributed by atoms with Gasteiger partial charge in [0.15, 0.2) is 0 Å². The molecular formula is C24H22ClN5OS. The lowest BCUT2D eigenvalue weighted by Gasteiger charge is -2.30. The molecule has 0 saturated carbocycles. The summed E-state index contributed by atoms with van der Waals surface area (Å²) in [5.41, 5.74) is 5.25. The Hall–Kier alpha value is -3.03. The molecule has 0 spiro atoms. The number of fused-ring (bicyclic) bond motifs is 1. The predicted molar refractivity (Wildman–Crippen MR) is 132 cm³/mol. The molecule has 32 heavy (non-hydrogen) atoms. The van der Waals surface area contributed by atoms with Crippen molar-refractivity contribution >= 4 is 51.7 Å². The number of nitrogens with zero attached hydrogens (tertiary/aromatic N) is 4. The minimum atomic E-state index is -0.155. The van der Waals surface area contributed by atoms with Crippen LogP contribution in [0.15, 0.2) is 66.7 Å². The highest BCUT2D eigenvalue weighted by molar-refractivity contribution is 7.99. The summed E-state index contributed by atoms with van der Waals surface area (Å²) < 4.78 is 1.86. The number of halogens is 1. The molecule has 1 aliphatic rings. The van der Waals surface area contributed by atoms with Crippen LogP contribution < -0.4 is 10.2 Å². The molecular weight excluding hydrogens is 442 g/mol. The van der Waals surface area contributed by atoms with Gasteiger partial charge >= 0.3 is 0 Å². The van der Waals surface area contributed by atoms with Gasteiger partial charge < -0.3 is 10.2 Å². The summed E-state index contributed by atoms with van der Waals surface area (Å²) >= 11 is 8.18. The minimum Gasteiger partial charge on any atom is -0.368 e. The van der Waals surface area contributed by atoms with Gasteiger partial charge in [0.25, 0.3) is 5.91 Å². The summed E-state index contributed by atoms with van der Waals surface area (Å²) in [5.74, 6) is 2.01. The average Bonchev–Trinajstić information content (AvgIpc) is 3.23. The van der Waals surface area contributed by atoms with Gasteiger partial charge in [-0.3, -0.25) is 4.79 Å². The van der Waals surface area contributed by atoms with Crippen molar-refractivity contribution in [2.75, 3.05) is 34.8 Å². The van der Waals surface area contributed by atoms with Crippen molar-refractivity contribution < 1.29 is 4.79 Å². The van der Waals surface area contributed by atoms with E-state index in [1.165, 1.54) is 0 Å². The maximum Gasteiger partial charge on any atom is 0.255 e. The van der Waals surface area contributed by atoms with Crippen LogP contribution in [0.3, 0.4) is 0 Å². The summed E-state index contributed by atoms with van der Waals surface area (Å²) in [5, 5.41) is 12.1. The summed E-state index contributed by atoms with van der Waals surface area (Å²) in [7, 11) is 0. The highest BCUT2D eigenvalue weighted by Crippen LogP contribution is 2.31. The van der Waals surface area contributed by atoms with Crippen molar-refractivity contribution in [1.29, 1.82) is 0 Å². The van der Waals surface area contributed by atoms with Crippen molar-refractivity contribution in [2.24, 2.45) is 0 Å². The first-order valence-corrected chi connectivity index (χ1v) is 12.0. The van der Waals surface area contributed by atoms with Crippen molar-refractivity contribution in [2.45, 2.75) is 6.54 Å². The average molecular weight is 464 g/mol. The normalized spacial score (nSPS) is 14.0. The Balaban J connectivity index is 1.32. The maximum atomic E-state index is 13.0. The molecule has 1 N–H and O–H groups in total. The van der Waals surface area contributed by atoms with E-state index in [9.17, 15) is 4.79 Å². The second-order valence-electron chi connectivity index (χ2n) is 7.65. The monoisotopic (exact) mass is 463 g/mol. The Morgan fingerprint density at radius 3 is 2.62 bits per heavy atom. The number of rotatable bonds is 5. The molecule has 3 aromatic carbocycles. The highest BCUT2D eigenvalue weighted by Gasteiger charge is 2.17. The standard InChI is InChI=1S/C24H22ClN5OS/c25-19-9-10-22(29-11-13-32-14-12-29)21(15-19)26-24(31)18-7-5-17(6-8-18)16-30-23-4-2-1-3-20(23)27-28-30/h1-10,15H,11-14,16H2,(H,26,31). The van der Waals surface area contributed by atoms with Gasteiger partial charge in [-0.15, -0.1) is 5.10 Å². The summed E-state index contributed by atoms with van der Waals surface area (Å²) in [6.07, 6.45) is 0. The minimum absolute atomic E-state index is 0.155. The molecule has 0 bridgehead atoms. The third-order valence-electron chi connectivity index (χ3n) is 5.53. The number of hydrogen-bond donors (Lipinski definition) is 1. The molecule has 0 radical (unpaired) electrons. The predicted octanol–water partition coefficient (Wildman–Crippen LogP) is 4.94. The van der Waals surface area contributed by atoms with Crippen LogP contribution in [0.1, 0.15) is 15.9 Å². The smallest absolute Gasteiger partial charge is 0.255 e. The number of aromatic nitrogens is 3. The molecule has 4 aromatic rings. The fourth-order valence-corrected chi connectivity index (χ4v) is 4.93. The molecule has 1 fully saturated rings. The van der Waals surface area contributed by atoms with Crippen molar-refractivity contribution in [3.05, 3.63) is 82.9 Å². The number of carbonyl (C=O) groups is 1.